The van der Waals surface area contributed by atoms with Crippen molar-refractivity contribution in [2.24, 2.45) is 0 Å². The van der Waals surface area contributed by atoms with Gasteiger partial charge in [-0.2, -0.15) is 10.2 Å². The fourth-order valence-electron chi connectivity index (χ4n) is 2.75. The maximum absolute atomic E-state index is 12.9. The van der Waals surface area contributed by atoms with E-state index >= 15 is 0 Å². The molecule has 2 amide bonds. The summed E-state index contributed by atoms with van der Waals surface area (Å²) in [6, 6.07) is 1.41. The molecule has 27 heavy (non-hydrogen) atoms. The van der Waals surface area contributed by atoms with Crippen LogP contribution in [0.15, 0.2) is 18.5 Å². The minimum atomic E-state index is -1.06. The van der Waals surface area contributed by atoms with E-state index in [1.165, 1.54) is 23.1 Å². The van der Waals surface area contributed by atoms with Crippen LogP contribution >= 0.6 is 0 Å². The number of aromatic nitrogens is 4. The fraction of sp³-hybridized carbons (Fsp3) is 0.438. The van der Waals surface area contributed by atoms with Crippen molar-refractivity contribution in [2.75, 3.05) is 31.6 Å². The Kier molecular flexibility index (Phi) is 5.50. The van der Waals surface area contributed by atoms with Gasteiger partial charge in [0.2, 0.25) is 0 Å². The molecular formula is C16H20N6O5. The molecule has 0 saturated carbocycles. The number of carboxylic acid groups (broad SMARTS) is 1. The van der Waals surface area contributed by atoms with Crippen LogP contribution in [-0.2, 0) is 22.6 Å². The van der Waals surface area contributed by atoms with E-state index in [9.17, 15) is 14.4 Å². The third-order valence-electron chi connectivity index (χ3n) is 4.06. The fourth-order valence-corrected chi connectivity index (χ4v) is 2.75. The van der Waals surface area contributed by atoms with Crippen LogP contribution in [0, 0.1) is 0 Å². The van der Waals surface area contributed by atoms with Crippen molar-refractivity contribution in [1.29, 1.82) is 0 Å². The van der Waals surface area contributed by atoms with Gasteiger partial charge >= 0.3 is 5.97 Å². The zero-order valence-corrected chi connectivity index (χ0v) is 14.8. The lowest BCUT2D eigenvalue weighted by Gasteiger charge is -2.27. The first kappa shape index (κ1) is 18.6. The van der Waals surface area contributed by atoms with E-state index in [0.717, 1.165) is 4.68 Å². The molecule has 0 aliphatic carbocycles. The minimum Gasteiger partial charge on any atom is -0.480 e. The molecule has 2 aromatic rings. The first-order valence-electron chi connectivity index (χ1n) is 8.49. The third-order valence-corrected chi connectivity index (χ3v) is 4.06. The van der Waals surface area contributed by atoms with Crippen LogP contribution in [0.1, 0.15) is 27.9 Å². The van der Waals surface area contributed by atoms with Crippen LogP contribution in [0.25, 0.3) is 0 Å². The quantitative estimate of drug-likeness (QED) is 0.720. The number of carbonyl (C=O) groups is 3. The molecule has 0 atom stereocenters. The van der Waals surface area contributed by atoms with Crippen molar-refractivity contribution in [3.05, 3.63) is 29.8 Å². The number of aryl methyl sites for hydroxylation is 1. The highest BCUT2D eigenvalue weighted by Crippen LogP contribution is 2.19. The van der Waals surface area contributed by atoms with E-state index < -0.39 is 11.9 Å². The number of ether oxygens (including phenoxy) is 1. The van der Waals surface area contributed by atoms with Gasteiger partial charge in [-0.05, 0) is 13.0 Å². The summed E-state index contributed by atoms with van der Waals surface area (Å²) in [5, 5.41) is 19.5. The van der Waals surface area contributed by atoms with Gasteiger partial charge in [-0.3, -0.25) is 23.7 Å². The van der Waals surface area contributed by atoms with Gasteiger partial charge in [-0.25, -0.2) is 0 Å². The number of carbonyl (C=O) groups excluding carboxylic acids is 2. The van der Waals surface area contributed by atoms with Crippen molar-refractivity contribution < 1.29 is 24.2 Å². The standard InChI is InChI=1S/C16H20N6O5/c1-2-22-14(16(26)20-5-7-27-8-6-20)12(9-17-22)18-15(25)11-3-4-21(19-11)10-13(23)24/h3-4,9H,2,5-8,10H2,1H3,(H,18,25)(H,23,24). The predicted octanol–water partition coefficient (Wildman–Crippen LogP) is -0.0912. The Labute approximate surface area is 154 Å². The minimum absolute atomic E-state index is 0.0465. The molecule has 3 heterocycles. The molecular weight excluding hydrogens is 356 g/mol. The summed E-state index contributed by atoms with van der Waals surface area (Å²) in [6.45, 7) is 3.85. The van der Waals surface area contributed by atoms with Crippen LogP contribution < -0.4 is 5.32 Å². The van der Waals surface area contributed by atoms with Crippen LogP contribution in [0.2, 0.25) is 0 Å². The largest absolute Gasteiger partial charge is 0.480 e. The van der Waals surface area contributed by atoms with Gasteiger partial charge in [0.15, 0.2) is 5.69 Å². The summed E-state index contributed by atoms with van der Waals surface area (Å²) in [5.41, 5.74) is 0.620. The molecule has 0 radical (unpaired) electrons. The number of amides is 2. The molecule has 11 nitrogen and oxygen atoms in total. The smallest absolute Gasteiger partial charge is 0.325 e. The van der Waals surface area contributed by atoms with Crippen LogP contribution in [0.5, 0.6) is 0 Å². The van der Waals surface area contributed by atoms with Crippen LogP contribution in [0.4, 0.5) is 5.69 Å². The Bertz CT molecular complexity index is 851. The number of anilines is 1. The molecule has 2 aromatic heterocycles. The van der Waals surface area contributed by atoms with Gasteiger partial charge in [0.05, 0.1) is 25.1 Å². The first-order chi connectivity index (χ1) is 13.0. The Morgan fingerprint density at radius 1 is 1.30 bits per heavy atom. The van der Waals surface area contributed by atoms with Crippen molar-refractivity contribution in [3.8, 4) is 0 Å². The summed E-state index contributed by atoms with van der Waals surface area (Å²) < 4.78 is 7.94. The molecule has 0 bridgehead atoms. The molecule has 11 heteroatoms. The Hall–Kier alpha value is -3.21. The lowest BCUT2D eigenvalue weighted by molar-refractivity contribution is -0.137. The number of hydrogen-bond donors (Lipinski definition) is 2. The number of aliphatic carboxylic acids is 1. The highest BCUT2D eigenvalue weighted by atomic mass is 16.5. The Morgan fingerprint density at radius 2 is 2.04 bits per heavy atom. The van der Waals surface area contributed by atoms with E-state index in [-0.39, 0.29) is 29.5 Å². The van der Waals surface area contributed by atoms with Crippen molar-refractivity contribution in [3.63, 3.8) is 0 Å². The van der Waals surface area contributed by atoms with E-state index in [1.54, 1.807) is 4.90 Å². The summed E-state index contributed by atoms with van der Waals surface area (Å²) >= 11 is 0. The van der Waals surface area contributed by atoms with Gasteiger partial charge in [0.1, 0.15) is 12.2 Å². The Balaban J connectivity index is 1.79. The van der Waals surface area contributed by atoms with Gasteiger partial charge in [-0.1, -0.05) is 0 Å². The van der Waals surface area contributed by atoms with Gasteiger partial charge in [-0.15, -0.1) is 0 Å². The number of nitrogens with one attached hydrogen (secondary N) is 1. The lowest BCUT2D eigenvalue weighted by Crippen LogP contribution is -2.41. The summed E-state index contributed by atoms with van der Waals surface area (Å²) in [6.07, 6.45) is 2.82. The molecule has 2 N–H and O–H groups in total. The monoisotopic (exact) mass is 376 g/mol. The molecule has 0 unspecified atom stereocenters. The van der Waals surface area contributed by atoms with Crippen molar-refractivity contribution in [2.45, 2.75) is 20.0 Å². The molecule has 144 valence electrons. The predicted molar refractivity (Wildman–Crippen MR) is 92.4 cm³/mol. The van der Waals surface area contributed by atoms with E-state index in [4.69, 9.17) is 9.84 Å². The topological polar surface area (TPSA) is 132 Å². The molecule has 1 fully saturated rings. The number of carboxylic acids is 1. The second-order valence-corrected chi connectivity index (χ2v) is 5.87. The maximum atomic E-state index is 12.9. The first-order valence-corrected chi connectivity index (χ1v) is 8.49. The zero-order chi connectivity index (χ0) is 19.4. The lowest BCUT2D eigenvalue weighted by atomic mass is 10.2. The van der Waals surface area contributed by atoms with E-state index in [0.29, 0.717) is 32.8 Å². The van der Waals surface area contributed by atoms with Crippen molar-refractivity contribution >= 4 is 23.5 Å². The van der Waals surface area contributed by atoms with Crippen LogP contribution in [0.3, 0.4) is 0 Å². The average Bonchev–Trinajstić information content (AvgIpc) is 3.28. The maximum Gasteiger partial charge on any atom is 0.325 e. The second-order valence-electron chi connectivity index (χ2n) is 5.87. The highest BCUT2D eigenvalue weighted by Gasteiger charge is 2.26. The third kappa shape index (κ3) is 4.14. The molecule has 1 aliphatic heterocycles. The number of nitrogens with zero attached hydrogens (tertiary/aromatic N) is 5. The molecule has 0 aromatic carbocycles. The normalized spacial score (nSPS) is 14.2. The molecule has 0 spiro atoms. The van der Waals surface area contributed by atoms with E-state index in [1.807, 2.05) is 6.92 Å². The van der Waals surface area contributed by atoms with E-state index in [2.05, 4.69) is 15.5 Å². The van der Waals surface area contributed by atoms with Crippen LogP contribution in [-0.4, -0.2) is 73.7 Å². The van der Waals surface area contributed by atoms with Gasteiger partial charge in [0, 0.05) is 25.8 Å². The van der Waals surface area contributed by atoms with Crippen molar-refractivity contribution in [1.82, 2.24) is 24.5 Å². The summed E-state index contributed by atoms with van der Waals surface area (Å²) in [5.74, 6) is -1.84. The highest BCUT2D eigenvalue weighted by molar-refractivity contribution is 6.07. The average molecular weight is 376 g/mol. The second kappa shape index (κ2) is 7.99. The number of morpholine rings is 1. The Morgan fingerprint density at radius 3 is 2.70 bits per heavy atom. The SMILES string of the molecule is CCn1ncc(NC(=O)c2ccn(CC(=O)O)n2)c1C(=O)N1CCOCC1. The summed E-state index contributed by atoms with van der Waals surface area (Å²) in [4.78, 5) is 37.7. The van der Waals surface area contributed by atoms with Gasteiger partial charge < -0.3 is 20.1 Å². The molecule has 1 aliphatic rings. The molecule has 3 rings (SSSR count). The van der Waals surface area contributed by atoms with Gasteiger partial charge in [0.25, 0.3) is 11.8 Å². The zero-order valence-electron chi connectivity index (χ0n) is 14.8. The summed E-state index contributed by atoms with van der Waals surface area (Å²) in [7, 11) is 0. The number of hydrogen-bond acceptors (Lipinski definition) is 6. The molecule has 1 saturated heterocycles. The number of rotatable bonds is 6.